The monoisotopic (exact) mass is 260 g/mol. The van der Waals surface area contributed by atoms with Crippen LogP contribution in [0.2, 0.25) is 5.02 Å². The lowest BCUT2D eigenvalue weighted by Gasteiger charge is -2.16. The van der Waals surface area contributed by atoms with E-state index in [1.807, 2.05) is 0 Å². The van der Waals surface area contributed by atoms with Crippen LogP contribution in [-0.4, -0.2) is 20.1 Å². The number of sulfonamides is 1. The van der Waals surface area contributed by atoms with Crippen LogP contribution in [0, 0.1) is 0 Å². The summed E-state index contributed by atoms with van der Waals surface area (Å²) in [6, 6.07) is 4.38. The van der Waals surface area contributed by atoms with Gasteiger partial charge in [-0.1, -0.05) is 11.6 Å². The molecule has 0 saturated carbocycles. The molecule has 16 heavy (non-hydrogen) atoms. The number of carbonyl (C=O) groups is 1. The van der Waals surface area contributed by atoms with Crippen LogP contribution in [0.3, 0.4) is 0 Å². The van der Waals surface area contributed by atoms with Gasteiger partial charge in [-0.2, -0.15) is 0 Å². The van der Waals surface area contributed by atoms with Crippen LogP contribution in [0.25, 0.3) is 0 Å². The molecule has 1 aromatic carbocycles. The molecule has 2 rings (SSSR count). The Morgan fingerprint density at radius 2 is 2.06 bits per heavy atom. The van der Waals surface area contributed by atoms with Crippen LogP contribution in [0.4, 0.5) is 11.4 Å². The van der Waals surface area contributed by atoms with Gasteiger partial charge in [-0.15, -0.1) is 0 Å². The van der Waals surface area contributed by atoms with Crippen molar-refractivity contribution < 1.29 is 13.2 Å². The number of nitrogens with two attached hydrogens (primary N) is 1. The molecule has 5 nitrogen and oxygen atoms in total. The van der Waals surface area contributed by atoms with E-state index < -0.39 is 15.9 Å². The second kappa shape index (κ2) is 3.64. The zero-order valence-electron chi connectivity index (χ0n) is 8.18. The number of carbonyl (C=O) groups excluding carboxylic acids is 1. The zero-order chi connectivity index (χ0) is 11.9. The normalized spacial score (nSPS) is 19.1. The van der Waals surface area contributed by atoms with Crippen LogP contribution in [0.15, 0.2) is 18.2 Å². The third kappa shape index (κ3) is 1.74. The number of benzene rings is 1. The number of hydrogen-bond acceptors (Lipinski definition) is 4. The van der Waals surface area contributed by atoms with E-state index >= 15 is 0 Å². The van der Waals surface area contributed by atoms with Crippen molar-refractivity contribution >= 4 is 38.9 Å². The number of halogens is 1. The van der Waals surface area contributed by atoms with Gasteiger partial charge in [0.05, 0.1) is 16.5 Å². The van der Waals surface area contributed by atoms with Gasteiger partial charge in [-0.05, 0) is 18.2 Å². The predicted octanol–water partition coefficient (Wildman–Crippen LogP) is 0.989. The van der Waals surface area contributed by atoms with Crippen molar-refractivity contribution in [3.05, 3.63) is 23.2 Å². The molecule has 1 aromatic rings. The molecule has 0 aliphatic carbocycles. The first-order valence-electron chi connectivity index (χ1n) is 4.53. The molecule has 0 radical (unpaired) electrons. The molecule has 1 amide bonds. The lowest BCUT2D eigenvalue weighted by molar-refractivity contribution is -0.116. The van der Waals surface area contributed by atoms with E-state index in [4.69, 9.17) is 17.3 Å². The van der Waals surface area contributed by atoms with Crippen molar-refractivity contribution in [3.63, 3.8) is 0 Å². The van der Waals surface area contributed by atoms with Gasteiger partial charge < -0.3 is 5.73 Å². The van der Waals surface area contributed by atoms with E-state index in [0.717, 1.165) is 4.31 Å². The number of anilines is 2. The molecule has 1 fully saturated rings. The third-order valence-electron chi connectivity index (χ3n) is 2.27. The van der Waals surface area contributed by atoms with Crippen LogP contribution in [-0.2, 0) is 14.8 Å². The van der Waals surface area contributed by atoms with Gasteiger partial charge in [-0.25, -0.2) is 12.7 Å². The highest BCUT2D eigenvalue weighted by Crippen LogP contribution is 2.33. The molecule has 0 unspecified atom stereocenters. The van der Waals surface area contributed by atoms with Gasteiger partial charge >= 0.3 is 0 Å². The highest BCUT2D eigenvalue weighted by molar-refractivity contribution is 7.94. The summed E-state index contributed by atoms with van der Waals surface area (Å²) in [6.07, 6.45) is -0.0204. The highest BCUT2D eigenvalue weighted by Gasteiger charge is 2.37. The molecule has 0 aromatic heterocycles. The average molecular weight is 261 g/mol. The van der Waals surface area contributed by atoms with Gasteiger partial charge in [-0.3, -0.25) is 4.79 Å². The maximum absolute atomic E-state index is 11.6. The van der Waals surface area contributed by atoms with E-state index in [2.05, 4.69) is 0 Å². The van der Waals surface area contributed by atoms with Crippen molar-refractivity contribution in [1.82, 2.24) is 0 Å². The fourth-order valence-corrected chi connectivity index (χ4v) is 3.25. The maximum atomic E-state index is 11.6. The first-order valence-corrected chi connectivity index (χ1v) is 6.51. The van der Waals surface area contributed by atoms with Crippen LogP contribution in [0.5, 0.6) is 0 Å². The van der Waals surface area contributed by atoms with Gasteiger partial charge in [0.25, 0.3) is 0 Å². The molecule has 86 valence electrons. The SMILES string of the molecule is Nc1ccc(Cl)c(N2C(=O)CCS2(=O)=O)c1. The minimum Gasteiger partial charge on any atom is -0.399 e. The van der Waals surface area contributed by atoms with E-state index in [-0.39, 0.29) is 22.9 Å². The number of nitrogen functional groups attached to an aromatic ring is 1. The van der Waals surface area contributed by atoms with E-state index in [1.165, 1.54) is 12.1 Å². The number of rotatable bonds is 1. The molecule has 1 aliphatic rings. The number of nitrogens with zero attached hydrogens (tertiary/aromatic N) is 1. The summed E-state index contributed by atoms with van der Waals surface area (Å²) < 4.78 is 24.0. The quantitative estimate of drug-likeness (QED) is 0.764. The predicted molar refractivity (Wildman–Crippen MR) is 61.8 cm³/mol. The molecule has 2 N–H and O–H groups in total. The van der Waals surface area contributed by atoms with Gasteiger partial charge in [0.1, 0.15) is 0 Å². The van der Waals surface area contributed by atoms with Crippen molar-refractivity contribution in [2.45, 2.75) is 6.42 Å². The van der Waals surface area contributed by atoms with Crippen molar-refractivity contribution in [2.24, 2.45) is 0 Å². The Morgan fingerprint density at radius 1 is 1.38 bits per heavy atom. The fraction of sp³-hybridized carbons (Fsp3) is 0.222. The Hall–Kier alpha value is -1.27. The average Bonchev–Trinajstić information content (AvgIpc) is 2.46. The largest absolute Gasteiger partial charge is 0.399 e. The standard InChI is InChI=1S/C9H9ClN2O3S/c10-7-2-1-6(11)5-8(7)12-9(13)3-4-16(12,14)15/h1-2,5H,3-4,11H2. The Kier molecular flexibility index (Phi) is 2.55. The first-order chi connectivity index (χ1) is 7.42. The Morgan fingerprint density at radius 3 is 2.62 bits per heavy atom. The topological polar surface area (TPSA) is 80.5 Å². The van der Waals surface area contributed by atoms with E-state index in [0.29, 0.717) is 5.69 Å². The second-order valence-electron chi connectivity index (χ2n) is 3.44. The van der Waals surface area contributed by atoms with E-state index in [1.54, 1.807) is 6.07 Å². The maximum Gasteiger partial charge on any atom is 0.242 e. The number of hydrogen-bond donors (Lipinski definition) is 1. The van der Waals surface area contributed by atoms with Crippen LogP contribution in [0.1, 0.15) is 6.42 Å². The van der Waals surface area contributed by atoms with Gasteiger partial charge in [0, 0.05) is 12.1 Å². The Balaban J connectivity index is 2.59. The van der Waals surface area contributed by atoms with Crippen LogP contribution >= 0.6 is 11.6 Å². The summed E-state index contributed by atoms with van der Waals surface area (Å²) in [7, 11) is -3.58. The van der Waals surface area contributed by atoms with Gasteiger partial charge in [0.2, 0.25) is 15.9 Å². The highest BCUT2D eigenvalue weighted by atomic mass is 35.5. The van der Waals surface area contributed by atoms with Crippen LogP contribution < -0.4 is 10.0 Å². The minimum atomic E-state index is -3.58. The molecule has 7 heteroatoms. The number of amides is 1. The van der Waals surface area contributed by atoms with Crippen molar-refractivity contribution in [1.29, 1.82) is 0 Å². The van der Waals surface area contributed by atoms with Crippen molar-refractivity contribution in [2.75, 3.05) is 15.8 Å². The summed E-state index contributed by atoms with van der Waals surface area (Å²) in [6.45, 7) is 0. The van der Waals surface area contributed by atoms with E-state index in [9.17, 15) is 13.2 Å². The molecular formula is C9H9ClN2O3S. The second-order valence-corrected chi connectivity index (χ2v) is 5.78. The fourth-order valence-electron chi connectivity index (χ4n) is 1.53. The molecule has 1 aliphatic heterocycles. The molecule has 0 bridgehead atoms. The molecular weight excluding hydrogens is 252 g/mol. The van der Waals surface area contributed by atoms with Crippen molar-refractivity contribution in [3.8, 4) is 0 Å². The third-order valence-corrected chi connectivity index (χ3v) is 4.26. The first kappa shape index (κ1) is 11.2. The summed E-state index contributed by atoms with van der Waals surface area (Å²) in [5, 5.41) is 0.188. The molecule has 1 heterocycles. The summed E-state index contributed by atoms with van der Waals surface area (Å²) in [4.78, 5) is 11.5. The lowest BCUT2D eigenvalue weighted by atomic mass is 10.2. The Bertz CT molecular complexity index is 556. The lowest BCUT2D eigenvalue weighted by Crippen LogP contribution is -2.29. The molecule has 0 atom stereocenters. The smallest absolute Gasteiger partial charge is 0.242 e. The molecule has 1 saturated heterocycles. The Labute approximate surface area is 97.8 Å². The summed E-state index contributed by atoms with van der Waals surface area (Å²) >= 11 is 5.85. The van der Waals surface area contributed by atoms with Gasteiger partial charge in [0.15, 0.2) is 0 Å². The molecule has 0 spiro atoms. The zero-order valence-corrected chi connectivity index (χ0v) is 9.75. The minimum absolute atomic E-state index is 0.0204. The summed E-state index contributed by atoms with van der Waals surface area (Å²) in [5.74, 6) is -0.663. The summed E-state index contributed by atoms with van der Waals surface area (Å²) in [5.41, 5.74) is 6.02.